The summed E-state index contributed by atoms with van der Waals surface area (Å²) in [5.74, 6) is 0.358. The number of nitrogens with one attached hydrogen (secondary N) is 1. The molecule has 1 aromatic rings. The summed E-state index contributed by atoms with van der Waals surface area (Å²) in [7, 11) is 2.02. The third kappa shape index (κ3) is 3.37. The van der Waals surface area contributed by atoms with Gasteiger partial charge in [-0.15, -0.1) is 12.4 Å². The molecule has 1 heterocycles. The number of benzene rings is 1. The summed E-state index contributed by atoms with van der Waals surface area (Å²) in [6.45, 7) is 3.18. The van der Waals surface area contributed by atoms with Crippen molar-refractivity contribution in [1.82, 2.24) is 10.2 Å². The van der Waals surface area contributed by atoms with Crippen LogP contribution in [0.2, 0.25) is 0 Å². The summed E-state index contributed by atoms with van der Waals surface area (Å²) >= 11 is 0. The molecule has 0 radical (unpaired) electrons. The summed E-state index contributed by atoms with van der Waals surface area (Å²) < 4.78 is 0. The maximum absolute atomic E-state index is 9.35. The van der Waals surface area contributed by atoms with E-state index in [9.17, 15) is 5.11 Å². The smallest absolute Gasteiger partial charge is 0.115 e. The van der Waals surface area contributed by atoms with Crippen LogP contribution >= 0.6 is 12.4 Å². The second-order valence-electron chi connectivity index (χ2n) is 4.18. The molecule has 0 spiro atoms. The number of hydrogen-bond acceptors (Lipinski definition) is 3. The number of likely N-dealkylation sites (N-methyl/N-ethyl adjacent to an activating group) is 1. The number of nitrogens with zero attached hydrogens (tertiary/aromatic N) is 1. The highest BCUT2D eigenvalue weighted by Crippen LogP contribution is 2.16. The third-order valence-electron chi connectivity index (χ3n) is 3.00. The van der Waals surface area contributed by atoms with Crippen LogP contribution in [0.5, 0.6) is 5.75 Å². The van der Waals surface area contributed by atoms with E-state index in [1.165, 1.54) is 12.0 Å². The molecule has 1 fully saturated rings. The van der Waals surface area contributed by atoms with Crippen molar-refractivity contribution in [3.8, 4) is 5.75 Å². The average Bonchev–Trinajstić information content (AvgIpc) is 2.65. The fourth-order valence-corrected chi connectivity index (χ4v) is 2.12. The number of rotatable bonds is 3. The lowest BCUT2D eigenvalue weighted by molar-refractivity contribution is 0.322. The number of hydrogen-bond donors (Lipinski definition) is 2. The van der Waals surface area contributed by atoms with Gasteiger partial charge in [-0.05, 0) is 31.2 Å². The standard InChI is InChI=1S/C12H18N2O.ClH/c1-13-11-5-6-14(9-11)8-10-3-2-4-12(15)7-10;/h2-4,7,11,13,15H,5-6,8-9H2,1H3;1H. The Labute approximate surface area is 103 Å². The first kappa shape index (κ1) is 13.3. The topological polar surface area (TPSA) is 35.5 Å². The predicted molar refractivity (Wildman–Crippen MR) is 68.1 cm³/mol. The molecule has 1 aliphatic rings. The molecule has 1 atom stereocenters. The van der Waals surface area contributed by atoms with E-state index >= 15 is 0 Å². The first-order valence-electron chi connectivity index (χ1n) is 5.45. The zero-order chi connectivity index (χ0) is 10.7. The lowest BCUT2D eigenvalue weighted by Crippen LogP contribution is -2.29. The van der Waals surface area contributed by atoms with Gasteiger partial charge in [0.15, 0.2) is 0 Å². The first-order chi connectivity index (χ1) is 7.28. The summed E-state index contributed by atoms with van der Waals surface area (Å²) in [4.78, 5) is 2.41. The molecule has 1 saturated heterocycles. The van der Waals surface area contributed by atoms with E-state index in [0.29, 0.717) is 11.8 Å². The van der Waals surface area contributed by atoms with E-state index in [2.05, 4.69) is 16.3 Å². The van der Waals surface area contributed by atoms with E-state index in [-0.39, 0.29) is 12.4 Å². The van der Waals surface area contributed by atoms with Crippen LogP contribution in [0.4, 0.5) is 0 Å². The van der Waals surface area contributed by atoms with Crippen LogP contribution in [0, 0.1) is 0 Å². The molecule has 0 amide bonds. The first-order valence-corrected chi connectivity index (χ1v) is 5.45. The van der Waals surface area contributed by atoms with Gasteiger partial charge < -0.3 is 10.4 Å². The van der Waals surface area contributed by atoms with Crippen LogP contribution in [-0.4, -0.2) is 36.2 Å². The minimum absolute atomic E-state index is 0. The second kappa shape index (κ2) is 6.09. The molecule has 90 valence electrons. The quantitative estimate of drug-likeness (QED) is 0.846. The molecular weight excluding hydrogens is 224 g/mol. The molecule has 0 saturated carbocycles. The molecule has 4 heteroatoms. The van der Waals surface area contributed by atoms with Crippen LogP contribution in [0.3, 0.4) is 0 Å². The number of halogens is 1. The molecule has 0 aromatic heterocycles. The van der Waals surface area contributed by atoms with Crippen LogP contribution in [0.15, 0.2) is 24.3 Å². The van der Waals surface area contributed by atoms with Gasteiger partial charge in [-0.2, -0.15) is 0 Å². The number of likely N-dealkylation sites (tertiary alicyclic amines) is 1. The van der Waals surface area contributed by atoms with Crippen LogP contribution < -0.4 is 5.32 Å². The fraction of sp³-hybridized carbons (Fsp3) is 0.500. The van der Waals surface area contributed by atoms with Crippen LogP contribution in [0.1, 0.15) is 12.0 Å². The highest BCUT2D eigenvalue weighted by molar-refractivity contribution is 5.85. The van der Waals surface area contributed by atoms with Crippen LogP contribution in [-0.2, 0) is 6.54 Å². The lowest BCUT2D eigenvalue weighted by atomic mass is 10.2. The molecule has 3 nitrogen and oxygen atoms in total. The van der Waals surface area contributed by atoms with Gasteiger partial charge in [0.1, 0.15) is 5.75 Å². The number of phenols is 1. The van der Waals surface area contributed by atoms with Gasteiger partial charge in [0.05, 0.1) is 0 Å². The minimum Gasteiger partial charge on any atom is -0.508 e. The Kier molecular flexibility index (Phi) is 5.06. The molecule has 2 rings (SSSR count). The summed E-state index contributed by atoms with van der Waals surface area (Å²) in [6, 6.07) is 8.14. The highest BCUT2D eigenvalue weighted by atomic mass is 35.5. The van der Waals surface area contributed by atoms with Crippen molar-refractivity contribution < 1.29 is 5.11 Å². The van der Waals surface area contributed by atoms with Crippen LogP contribution in [0.25, 0.3) is 0 Å². The maximum atomic E-state index is 9.35. The van der Waals surface area contributed by atoms with Crippen molar-refractivity contribution in [3.63, 3.8) is 0 Å². The van der Waals surface area contributed by atoms with Gasteiger partial charge in [-0.3, -0.25) is 4.90 Å². The summed E-state index contributed by atoms with van der Waals surface area (Å²) in [5.41, 5.74) is 1.19. The third-order valence-corrected chi connectivity index (χ3v) is 3.00. The normalized spacial score (nSPS) is 20.7. The summed E-state index contributed by atoms with van der Waals surface area (Å²) in [5, 5.41) is 12.7. The van der Waals surface area contributed by atoms with E-state index < -0.39 is 0 Å². The summed E-state index contributed by atoms with van der Waals surface area (Å²) in [6.07, 6.45) is 1.22. The van der Waals surface area contributed by atoms with Crippen molar-refractivity contribution in [2.24, 2.45) is 0 Å². The van der Waals surface area contributed by atoms with E-state index in [1.54, 1.807) is 6.07 Å². The number of aromatic hydroxyl groups is 1. The molecule has 1 aromatic carbocycles. The van der Waals surface area contributed by atoms with Crippen molar-refractivity contribution in [3.05, 3.63) is 29.8 Å². The zero-order valence-electron chi connectivity index (χ0n) is 9.52. The molecule has 0 aliphatic carbocycles. The van der Waals surface area contributed by atoms with Crippen molar-refractivity contribution in [2.75, 3.05) is 20.1 Å². The van der Waals surface area contributed by atoms with Gasteiger partial charge in [0, 0.05) is 25.7 Å². The SMILES string of the molecule is CNC1CCN(Cc2cccc(O)c2)C1.Cl. The monoisotopic (exact) mass is 242 g/mol. The van der Waals surface area contributed by atoms with Crippen molar-refractivity contribution in [2.45, 2.75) is 19.0 Å². The van der Waals surface area contributed by atoms with E-state index in [4.69, 9.17) is 0 Å². The fourth-order valence-electron chi connectivity index (χ4n) is 2.12. The predicted octanol–water partition coefficient (Wildman–Crippen LogP) is 1.61. The molecule has 2 N–H and O–H groups in total. The molecule has 1 unspecified atom stereocenters. The van der Waals surface area contributed by atoms with E-state index in [1.807, 2.05) is 19.2 Å². The largest absolute Gasteiger partial charge is 0.508 e. The zero-order valence-corrected chi connectivity index (χ0v) is 10.3. The van der Waals surface area contributed by atoms with Gasteiger partial charge in [-0.1, -0.05) is 12.1 Å². The highest BCUT2D eigenvalue weighted by Gasteiger charge is 2.20. The van der Waals surface area contributed by atoms with Gasteiger partial charge in [0.2, 0.25) is 0 Å². The van der Waals surface area contributed by atoms with Gasteiger partial charge in [-0.25, -0.2) is 0 Å². The molecule has 1 aliphatic heterocycles. The van der Waals surface area contributed by atoms with Gasteiger partial charge in [0.25, 0.3) is 0 Å². The molecule has 0 bridgehead atoms. The Morgan fingerprint density at radius 3 is 2.94 bits per heavy atom. The van der Waals surface area contributed by atoms with Gasteiger partial charge >= 0.3 is 0 Å². The Hall–Kier alpha value is -0.770. The Balaban J connectivity index is 0.00000128. The van der Waals surface area contributed by atoms with Crippen molar-refractivity contribution in [1.29, 1.82) is 0 Å². The van der Waals surface area contributed by atoms with Crippen molar-refractivity contribution >= 4 is 12.4 Å². The Morgan fingerprint density at radius 1 is 1.50 bits per heavy atom. The lowest BCUT2D eigenvalue weighted by Gasteiger charge is -2.15. The minimum atomic E-state index is 0. The Bertz CT molecular complexity index is 333. The molecule has 16 heavy (non-hydrogen) atoms. The second-order valence-corrected chi connectivity index (χ2v) is 4.18. The number of phenolic OH excluding ortho intramolecular Hbond substituents is 1. The van der Waals surface area contributed by atoms with E-state index in [0.717, 1.165) is 19.6 Å². The maximum Gasteiger partial charge on any atom is 0.115 e. The molecular formula is C12H19ClN2O. The Morgan fingerprint density at radius 2 is 2.31 bits per heavy atom. The average molecular weight is 243 g/mol.